The van der Waals surface area contributed by atoms with E-state index in [0.29, 0.717) is 0 Å². The molecule has 1 aliphatic heterocycles. The molecule has 0 amide bonds. The maximum atomic E-state index is 11.1. The van der Waals surface area contributed by atoms with Gasteiger partial charge in [0, 0.05) is 13.0 Å². The van der Waals surface area contributed by atoms with Crippen LogP contribution in [-0.4, -0.2) is 27.8 Å². The Labute approximate surface area is 82.1 Å². The van der Waals surface area contributed by atoms with Gasteiger partial charge in [-0.3, -0.25) is 4.79 Å². The Kier molecular flexibility index (Phi) is 2.47. The first-order valence-electron chi connectivity index (χ1n) is 4.79. The molecule has 5 nitrogen and oxygen atoms in total. The molecule has 5 heteroatoms. The molecule has 2 rings (SSSR count). The fraction of sp³-hybridized carbons (Fsp3) is 0.667. The summed E-state index contributed by atoms with van der Waals surface area (Å²) in [6.45, 7) is 0.925. The summed E-state index contributed by atoms with van der Waals surface area (Å²) in [5.74, 6) is 1.47. The average molecular weight is 195 g/mol. The molecule has 0 radical (unpaired) electrons. The standard InChI is InChI=1S/C9H13N3O2/c1-14-9(13)6-8-11-10-7-4-2-3-5-12(7)8/h2-6H2,1H3. The number of methoxy groups -OCH3 is 1. The zero-order chi connectivity index (χ0) is 9.97. The molecule has 0 saturated carbocycles. The number of aryl methyl sites for hydroxylation is 1. The van der Waals surface area contributed by atoms with Crippen LogP contribution in [0.5, 0.6) is 0 Å². The number of rotatable bonds is 2. The van der Waals surface area contributed by atoms with Crippen molar-refractivity contribution >= 4 is 5.97 Å². The first-order chi connectivity index (χ1) is 6.81. The SMILES string of the molecule is COC(=O)Cc1nnc2n1CCCC2. The van der Waals surface area contributed by atoms with Crippen LogP contribution in [-0.2, 0) is 28.9 Å². The molecule has 2 heterocycles. The van der Waals surface area contributed by atoms with Crippen LogP contribution in [0.3, 0.4) is 0 Å². The van der Waals surface area contributed by atoms with Gasteiger partial charge in [0.1, 0.15) is 18.1 Å². The first-order valence-corrected chi connectivity index (χ1v) is 4.79. The third-order valence-electron chi connectivity index (χ3n) is 2.47. The minimum Gasteiger partial charge on any atom is -0.469 e. The Bertz CT molecular complexity index is 346. The molecule has 1 aliphatic rings. The van der Waals surface area contributed by atoms with Crippen LogP contribution >= 0.6 is 0 Å². The van der Waals surface area contributed by atoms with E-state index in [0.717, 1.165) is 37.5 Å². The Morgan fingerprint density at radius 3 is 3.14 bits per heavy atom. The van der Waals surface area contributed by atoms with E-state index in [2.05, 4.69) is 14.9 Å². The van der Waals surface area contributed by atoms with E-state index in [-0.39, 0.29) is 12.4 Å². The van der Waals surface area contributed by atoms with Crippen molar-refractivity contribution in [3.63, 3.8) is 0 Å². The molecule has 0 fully saturated rings. The summed E-state index contributed by atoms with van der Waals surface area (Å²) in [6, 6.07) is 0. The van der Waals surface area contributed by atoms with Gasteiger partial charge in [0.05, 0.1) is 7.11 Å². The van der Waals surface area contributed by atoms with Gasteiger partial charge in [-0.05, 0) is 12.8 Å². The van der Waals surface area contributed by atoms with E-state index in [4.69, 9.17) is 0 Å². The summed E-state index contributed by atoms with van der Waals surface area (Å²) in [5, 5.41) is 8.05. The molecule has 0 saturated heterocycles. The number of esters is 1. The van der Waals surface area contributed by atoms with E-state index < -0.39 is 0 Å². The molecule has 1 aromatic heterocycles. The highest BCUT2D eigenvalue weighted by molar-refractivity contribution is 5.71. The summed E-state index contributed by atoms with van der Waals surface area (Å²) >= 11 is 0. The molecule has 0 spiro atoms. The van der Waals surface area contributed by atoms with Crippen molar-refractivity contribution in [2.45, 2.75) is 32.2 Å². The van der Waals surface area contributed by atoms with Gasteiger partial charge >= 0.3 is 5.97 Å². The fourth-order valence-corrected chi connectivity index (χ4v) is 1.70. The average Bonchev–Trinajstić information content (AvgIpc) is 2.62. The molecule has 0 atom stereocenters. The Balaban J connectivity index is 2.18. The van der Waals surface area contributed by atoms with E-state index in [1.165, 1.54) is 7.11 Å². The second-order valence-corrected chi connectivity index (χ2v) is 3.39. The smallest absolute Gasteiger partial charge is 0.313 e. The predicted octanol–water partition coefficient (Wildman–Crippen LogP) is 0.330. The Morgan fingerprint density at radius 1 is 1.50 bits per heavy atom. The number of hydrogen-bond donors (Lipinski definition) is 0. The minimum atomic E-state index is -0.259. The highest BCUT2D eigenvalue weighted by Crippen LogP contribution is 2.14. The van der Waals surface area contributed by atoms with Crippen molar-refractivity contribution in [2.75, 3.05) is 7.11 Å². The van der Waals surface area contributed by atoms with Gasteiger partial charge < -0.3 is 9.30 Å². The van der Waals surface area contributed by atoms with Gasteiger partial charge in [-0.15, -0.1) is 10.2 Å². The van der Waals surface area contributed by atoms with Crippen LogP contribution in [0.25, 0.3) is 0 Å². The topological polar surface area (TPSA) is 57.0 Å². The van der Waals surface area contributed by atoms with Crippen molar-refractivity contribution in [3.05, 3.63) is 11.6 Å². The first kappa shape index (κ1) is 9.18. The molecular formula is C9H13N3O2. The normalized spacial score (nSPS) is 14.9. The highest BCUT2D eigenvalue weighted by atomic mass is 16.5. The number of aromatic nitrogens is 3. The van der Waals surface area contributed by atoms with Crippen molar-refractivity contribution in [1.82, 2.24) is 14.8 Å². The lowest BCUT2D eigenvalue weighted by molar-refractivity contribution is -0.140. The molecular weight excluding hydrogens is 182 g/mol. The predicted molar refractivity (Wildman–Crippen MR) is 48.7 cm³/mol. The molecule has 14 heavy (non-hydrogen) atoms. The van der Waals surface area contributed by atoms with Crippen molar-refractivity contribution in [2.24, 2.45) is 0 Å². The van der Waals surface area contributed by atoms with Crippen molar-refractivity contribution in [3.8, 4) is 0 Å². The van der Waals surface area contributed by atoms with Gasteiger partial charge in [0.15, 0.2) is 0 Å². The lowest BCUT2D eigenvalue weighted by Crippen LogP contribution is -2.16. The van der Waals surface area contributed by atoms with E-state index in [1.54, 1.807) is 0 Å². The van der Waals surface area contributed by atoms with Crippen molar-refractivity contribution < 1.29 is 9.53 Å². The molecule has 76 valence electrons. The highest BCUT2D eigenvalue weighted by Gasteiger charge is 2.17. The largest absolute Gasteiger partial charge is 0.469 e. The summed E-state index contributed by atoms with van der Waals surface area (Å²) in [5.41, 5.74) is 0. The Hall–Kier alpha value is -1.39. The van der Waals surface area contributed by atoms with Crippen LogP contribution < -0.4 is 0 Å². The second kappa shape index (κ2) is 3.77. The van der Waals surface area contributed by atoms with E-state index in [9.17, 15) is 4.79 Å². The lowest BCUT2D eigenvalue weighted by Gasteiger charge is -2.13. The number of fused-ring (bicyclic) bond motifs is 1. The molecule has 0 bridgehead atoms. The second-order valence-electron chi connectivity index (χ2n) is 3.39. The third kappa shape index (κ3) is 1.62. The van der Waals surface area contributed by atoms with Crippen LogP contribution in [0.4, 0.5) is 0 Å². The Morgan fingerprint density at radius 2 is 2.36 bits per heavy atom. The lowest BCUT2D eigenvalue weighted by atomic mass is 10.1. The molecule has 0 unspecified atom stereocenters. The van der Waals surface area contributed by atoms with Gasteiger partial charge in [-0.1, -0.05) is 0 Å². The van der Waals surface area contributed by atoms with Gasteiger partial charge in [0.2, 0.25) is 0 Å². The summed E-state index contributed by atoms with van der Waals surface area (Å²) < 4.78 is 6.62. The van der Waals surface area contributed by atoms with E-state index in [1.807, 2.05) is 4.57 Å². The van der Waals surface area contributed by atoms with Crippen LogP contribution in [0, 0.1) is 0 Å². The zero-order valence-corrected chi connectivity index (χ0v) is 8.19. The minimum absolute atomic E-state index is 0.226. The molecule has 0 aliphatic carbocycles. The summed E-state index contributed by atoms with van der Waals surface area (Å²) in [7, 11) is 1.38. The maximum Gasteiger partial charge on any atom is 0.313 e. The number of carbonyl (C=O) groups is 1. The van der Waals surface area contributed by atoms with E-state index >= 15 is 0 Å². The number of ether oxygens (including phenoxy) is 1. The monoisotopic (exact) mass is 195 g/mol. The van der Waals surface area contributed by atoms with Gasteiger partial charge in [-0.2, -0.15) is 0 Å². The quantitative estimate of drug-likeness (QED) is 0.638. The zero-order valence-electron chi connectivity index (χ0n) is 8.19. The fourth-order valence-electron chi connectivity index (χ4n) is 1.70. The summed E-state index contributed by atoms with van der Waals surface area (Å²) in [4.78, 5) is 11.1. The maximum absolute atomic E-state index is 11.1. The molecule has 1 aromatic rings. The van der Waals surface area contributed by atoms with Gasteiger partial charge in [0.25, 0.3) is 0 Å². The van der Waals surface area contributed by atoms with Gasteiger partial charge in [-0.25, -0.2) is 0 Å². The van der Waals surface area contributed by atoms with Crippen LogP contribution in [0.15, 0.2) is 0 Å². The van der Waals surface area contributed by atoms with Crippen molar-refractivity contribution in [1.29, 1.82) is 0 Å². The number of carbonyl (C=O) groups excluding carboxylic acids is 1. The van der Waals surface area contributed by atoms with Crippen LogP contribution in [0.1, 0.15) is 24.5 Å². The molecule has 0 N–H and O–H groups in total. The number of hydrogen-bond acceptors (Lipinski definition) is 4. The third-order valence-corrected chi connectivity index (χ3v) is 2.47. The molecule has 0 aromatic carbocycles. The van der Waals surface area contributed by atoms with Crippen LogP contribution in [0.2, 0.25) is 0 Å². The summed E-state index contributed by atoms with van der Waals surface area (Å²) in [6.07, 6.45) is 3.49. The number of nitrogens with zero attached hydrogens (tertiary/aromatic N) is 3.